The molecule has 4 aromatic rings. The van der Waals surface area contributed by atoms with Crippen molar-refractivity contribution in [2.24, 2.45) is 0 Å². The van der Waals surface area contributed by atoms with E-state index >= 15 is 0 Å². The van der Waals surface area contributed by atoms with Gasteiger partial charge in [-0.05, 0) is 66.9 Å². The van der Waals surface area contributed by atoms with Gasteiger partial charge in [0.2, 0.25) is 5.91 Å². The lowest BCUT2D eigenvalue weighted by Gasteiger charge is -2.12. The third-order valence-corrected chi connectivity index (χ3v) is 6.97. The summed E-state index contributed by atoms with van der Waals surface area (Å²) in [6.45, 7) is 1.99. The van der Waals surface area contributed by atoms with Crippen molar-refractivity contribution < 1.29 is 14.4 Å². The fourth-order valence-electron chi connectivity index (χ4n) is 3.30. The molecule has 0 atom stereocenters. The molecule has 6 nitrogen and oxygen atoms in total. The number of rotatable bonds is 9. The Hall–Kier alpha value is -4.14. The van der Waals surface area contributed by atoms with Gasteiger partial charge in [-0.2, -0.15) is 0 Å². The molecule has 0 unspecified atom stereocenters. The minimum Gasteiger partial charge on any atom is -0.325 e. The van der Waals surface area contributed by atoms with E-state index in [1.807, 2.05) is 60.8 Å². The average molecular weight is 528 g/mol. The molecule has 4 rings (SSSR count). The minimum absolute atomic E-state index is 0.118. The second-order valence-electron chi connectivity index (χ2n) is 8.08. The highest BCUT2D eigenvalue weighted by molar-refractivity contribution is 8.00. The molecule has 0 radical (unpaired) electrons. The van der Waals surface area contributed by atoms with Gasteiger partial charge in [-0.3, -0.25) is 14.4 Å². The number of carbonyl (C=O) groups excluding carboxylic acids is 3. The predicted octanol–water partition coefficient (Wildman–Crippen LogP) is 6.20. The third-order valence-electron chi connectivity index (χ3n) is 5.16. The Morgan fingerprint density at radius 1 is 0.838 bits per heavy atom. The van der Waals surface area contributed by atoms with Gasteiger partial charge in [0.1, 0.15) is 5.70 Å². The Bertz CT molecular complexity index is 1400. The van der Waals surface area contributed by atoms with Crippen LogP contribution in [0.15, 0.2) is 107 Å². The first-order valence-corrected chi connectivity index (χ1v) is 13.3. The molecule has 3 amide bonds. The predicted molar refractivity (Wildman–Crippen MR) is 152 cm³/mol. The number of anilines is 2. The largest absolute Gasteiger partial charge is 0.325 e. The van der Waals surface area contributed by atoms with Gasteiger partial charge in [-0.25, -0.2) is 0 Å². The summed E-state index contributed by atoms with van der Waals surface area (Å²) in [6, 6.07) is 27.3. The molecule has 0 fully saturated rings. The van der Waals surface area contributed by atoms with Crippen LogP contribution in [0.5, 0.6) is 0 Å². The van der Waals surface area contributed by atoms with Gasteiger partial charge in [-0.1, -0.05) is 48.0 Å². The molecule has 1 aromatic heterocycles. The zero-order chi connectivity index (χ0) is 26.0. The smallest absolute Gasteiger partial charge is 0.272 e. The molecule has 0 aliphatic rings. The van der Waals surface area contributed by atoms with E-state index in [2.05, 4.69) is 16.0 Å². The molecule has 0 aliphatic carbocycles. The Morgan fingerprint density at radius 2 is 1.62 bits per heavy atom. The molecular weight excluding hydrogens is 502 g/mol. The van der Waals surface area contributed by atoms with Crippen LogP contribution in [0.2, 0.25) is 0 Å². The first-order valence-electron chi connectivity index (χ1n) is 11.5. The lowest BCUT2D eigenvalue weighted by atomic mass is 10.2. The van der Waals surface area contributed by atoms with Gasteiger partial charge in [-0.15, -0.1) is 23.1 Å². The van der Waals surface area contributed by atoms with Gasteiger partial charge < -0.3 is 16.0 Å². The zero-order valence-corrected chi connectivity index (χ0v) is 21.7. The van der Waals surface area contributed by atoms with Crippen molar-refractivity contribution >= 4 is 58.3 Å². The van der Waals surface area contributed by atoms with Gasteiger partial charge in [0, 0.05) is 26.7 Å². The van der Waals surface area contributed by atoms with E-state index in [9.17, 15) is 14.4 Å². The van der Waals surface area contributed by atoms with E-state index in [0.717, 1.165) is 21.0 Å². The first kappa shape index (κ1) is 25.9. The number of nitrogens with one attached hydrogen (secondary N) is 3. The fraction of sp³-hybridized carbons (Fsp3) is 0.0690. The zero-order valence-electron chi connectivity index (χ0n) is 20.1. The van der Waals surface area contributed by atoms with Crippen molar-refractivity contribution in [3.05, 3.63) is 118 Å². The molecule has 0 bridgehead atoms. The molecule has 3 N–H and O–H groups in total. The van der Waals surface area contributed by atoms with Crippen molar-refractivity contribution in [2.75, 3.05) is 16.4 Å². The van der Waals surface area contributed by atoms with E-state index in [-0.39, 0.29) is 23.3 Å². The third kappa shape index (κ3) is 7.93. The van der Waals surface area contributed by atoms with E-state index in [1.54, 1.807) is 48.5 Å². The Balaban J connectivity index is 1.40. The summed E-state index contributed by atoms with van der Waals surface area (Å²) < 4.78 is 0. The van der Waals surface area contributed by atoms with E-state index in [1.165, 1.54) is 23.1 Å². The van der Waals surface area contributed by atoms with Crippen molar-refractivity contribution in [3.8, 4) is 0 Å². The standard InChI is InChI=1S/C29H25N3O3S2/c1-20-12-14-22(15-13-20)30-27(33)19-37-24-10-5-9-23(17-24)31-29(35)26(18-25-11-6-16-36-25)32-28(34)21-7-3-2-4-8-21/h2-18H,19H2,1H3,(H,30,33)(H,31,35)(H,32,34)/b26-18-. The van der Waals surface area contributed by atoms with Gasteiger partial charge >= 0.3 is 0 Å². The highest BCUT2D eigenvalue weighted by Gasteiger charge is 2.15. The molecule has 0 saturated heterocycles. The van der Waals surface area contributed by atoms with E-state index in [4.69, 9.17) is 0 Å². The van der Waals surface area contributed by atoms with Crippen LogP contribution >= 0.6 is 23.1 Å². The van der Waals surface area contributed by atoms with Crippen LogP contribution in [0.4, 0.5) is 11.4 Å². The van der Waals surface area contributed by atoms with Crippen LogP contribution < -0.4 is 16.0 Å². The first-order chi connectivity index (χ1) is 18.0. The van der Waals surface area contributed by atoms with Gasteiger partial charge in [0.25, 0.3) is 11.8 Å². The monoisotopic (exact) mass is 527 g/mol. The topological polar surface area (TPSA) is 87.3 Å². The molecule has 0 spiro atoms. The number of thioether (sulfide) groups is 1. The summed E-state index contributed by atoms with van der Waals surface area (Å²) >= 11 is 2.83. The summed E-state index contributed by atoms with van der Waals surface area (Å²) in [4.78, 5) is 39.9. The maximum Gasteiger partial charge on any atom is 0.272 e. The van der Waals surface area contributed by atoms with Gasteiger partial charge in [0.05, 0.1) is 5.75 Å². The van der Waals surface area contributed by atoms with E-state index in [0.29, 0.717) is 11.3 Å². The van der Waals surface area contributed by atoms with Crippen LogP contribution in [0.3, 0.4) is 0 Å². The number of hydrogen-bond donors (Lipinski definition) is 3. The fourth-order valence-corrected chi connectivity index (χ4v) is 4.72. The van der Waals surface area contributed by atoms with Crippen LogP contribution in [0, 0.1) is 6.92 Å². The molecule has 8 heteroatoms. The van der Waals surface area contributed by atoms with Crippen LogP contribution in [-0.4, -0.2) is 23.5 Å². The van der Waals surface area contributed by atoms with Crippen LogP contribution in [0.1, 0.15) is 20.8 Å². The van der Waals surface area contributed by atoms with Gasteiger partial charge in [0.15, 0.2) is 0 Å². The highest BCUT2D eigenvalue weighted by atomic mass is 32.2. The number of benzene rings is 3. The second-order valence-corrected chi connectivity index (χ2v) is 10.1. The Labute approximate surface area is 223 Å². The lowest BCUT2D eigenvalue weighted by molar-refractivity contribution is -0.114. The molecule has 3 aromatic carbocycles. The molecule has 0 saturated carbocycles. The minimum atomic E-state index is -0.447. The number of aryl methyl sites for hydroxylation is 1. The van der Waals surface area contributed by atoms with Crippen molar-refractivity contribution in [3.63, 3.8) is 0 Å². The maximum atomic E-state index is 13.1. The summed E-state index contributed by atoms with van der Waals surface area (Å²) in [7, 11) is 0. The molecule has 37 heavy (non-hydrogen) atoms. The second kappa shape index (κ2) is 12.7. The van der Waals surface area contributed by atoms with E-state index < -0.39 is 5.91 Å². The Morgan fingerprint density at radius 3 is 2.35 bits per heavy atom. The quantitative estimate of drug-likeness (QED) is 0.179. The maximum absolute atomic E-state index is 13.1. The number of hydrogen-bond acceptors (Lipinski definition) is 5. The van der Waals surface area contributed by atoms with Crippen molar-refractivity contribution in [1.29, 1.82) is 0 Å². The SMILES string of the molecule is Cc1ccc(NC(=O)CSc2cccc(NC(=O)/C(=C/c3cccs3)NC(=O)c3ccccc3)c2)cc1. The average Bonchev–Trinajstić information content (AvgIpc) is 3.42. The van der Waals surface area contributed by atoms with Crippen LogP contribution in [-0.2, 0) is 9.59 Å². The number of amides is 3. The lowest BCUT2D eigenvalue weighted by Crippen LogP contribution is -2.30. The molecular formula is C29H25N3O3S2. The summed E-state index contributed by atoms with van der Waals surface area (Å²) in [5.41, 5.74) is 3.01. The summed E-state index contributed by atoms with van der Waals surface area (Å²) in [5.74, 6) is -0.713. The number of thiophene rings is 1. The summed E-state index contributed by atoms with van der Waals surface area (Å²) in [5, 5.41) is 10.4. The molecule has 1 heterocycles. The molecule has 186 valence electrons. The summed E-state index contributed by atoms with van der Waals surface area (Å²) in [6.07, 6.45) is 1.65. The highest BCUT2D eigenvalue weighted by Crippen LogP contribution is 2.23. The number of carbonyl (C=O) groups is 3. The normalized spacial score (nSPS) is 11.0. The van der Waals surface area contributed by atoms with Crippen molar-refractivity contribution in [2.45, 2.75) is 11.8 Å². The van der Waals surface area contributed by atoms with Crippen molar-refractivity contribution in [1.82, 2.24) is 5.32 Å². The Kier molecular flexibility index (Phi) is 8.91. The van der Waals surface area contributed by atoms with Crippen LogP contribution in [0.25, 0.3) is 6.08 Å². The molecule has 0 aliphatic heterocycles.